The highest BCUT2D eigenvalue weighted by molar-refractivity contribution is 5.88. The SMILES string of the molecule is CCOC(=O)[C@H]1NC(=O)C[C@@H]1CC. The molecule has 0 aromatic carbocycles. The Hall–Kier alpha value is -1.06. The average Bonchev–Trinajstić information content (AvgIpc) is 2.47. The molecule has 0 aromatic rings. The lowest BCUT2D eigenvalue weighted by Gasteiger charge is -2.14. The van der Waals surface area contributed by atoms with Crippen LogP contribution in [-0.2, 0) is 14.3 Å². The summed E-state index contributed by atoms with van der Waals surface area (Å²) in [5.74, 6) is -0.253. The van der Waals surface area contributed by atoms with E-state index in [2.05, 4.69) is 5.32 Å². The van der Waals surface area contributed by atoms with Crippen molar-refractivity contribution in [1.29, 1.82) is 0 Å². The summed E-state index contributed by atoms with van der Waals surface area (Å²) in [4.78, 5) is 22.3. The van der Waals surface area contributed by atoms with Crippen molar-refractivity contribution >= 4 is 11.9 Å². The van der Waals surface area contributed by atoms with Crippen LogP contribution in [0.3, 0.4) is 0 Å². The quantitative estimate of drug-likeness (QED) is 0.650. The Balaban J connectivity index is 2.57. The Morgan fingerprint density at radius 1 is 1.62 bits per heavy atom. The second-order valence-electron chi connectivity index (χ2n) is 3.17. The van der Waals surface area contributed by atoms with Crippen molar-refractivity contribution in [2.45, 2.75) is 32.7 Å². The summed E-state index contributed by atoms with van der Waals surface area (Å²) < 4.78 is 4.85. The van der Waals surface area contributed by atoms with E-state index in [0.717, 1.165) is 6.42 Å². The Morgan fingerprint density at radius 2 is 2.31 bits per heavy atom. The van der Waals surface area contributed by atoms with Crippen LogP contribution in [-0.4, -0.2) is 24.5 Å². The van der Waals surface area contributed by atoms with E-state index in [1.54, 1.807) is 6.92 Å². The predicted octanol–water partition coefficient (Wildman–Crippen LogP) is 0.464. The van der Waals surface area contributed by atoms with Crippen molar-refractivity contribution in [2.24, 2.45) is 5.92 Å². The minimum atomic E-state index is -0.419. The van der Waals surface area contributed by atoms with E-state index < -0.39 is 6.04 Å². The molecule has 0 radical (unpaired) electrons. The van der Waals surface area contributed by atoms with E-state index in [9.17, 15) is 9.59 Å². The third kappa shape index (κ3) is 2.20. The standard InChI is InChI=1S/C9H15NO3/c1-3-6-5-7(11)10-8(6)9(12)13-4-2/h6,8H,3-5H2,1-2H3,(H,10,11)/t6-,8-/m0/s1. The van der Waals surface area contributed by atoms with Gasteiger partial charge in [0, 0.05) is 6.42 Å². The molecular formula is C9H15NO3. The lowest BCUT2D eigenvalue weighted by Crippen LogP contribution is -2.38. The minimum absolute atomic E-state index is 0.0510. The van der Waals surface area contributed by atoms with Gasteiger partial charge in [-0.1, -0.05) is 13.3 Å². The molecule has 2 atom stereocenters. The zero-order valence-electron chi connectivity index (χ0n) is 8.00. The molecule has 1 amide bonds. The van der Waals surface area contributed by atoms with Crippen LogP contribution in [0.1, 0.15) is 26.7 Å². The monoisotopic (exact) mass is 185 g/mol. The number of ether oxygens (including phenoxy) is 1. The van der Waals surface area contributed by atoms with Crippen LogP contribution >= 0.6 is 0 Å². The van der Waals surface area contributed by atoms with Gasteiger partial charge in [0.1, 0.15) is 6.04 Å². The van der Waals surface area contributed by atoms with Crippen molar-refractivity contribution in [3.05, 3.63) is 0 Å². The van der Waals surface area contributed by atoms with Crippen LogP contribution < -0.4 is 5.32 Å². The summed E-state index contributed by atoms with van der Waals surface area (Å²) in [7, 11) is 0. The first-order valence-corrected chi connectivity index (χ1v) is 4.65. The topological polar surface area (TPSA) is 55.4 Å². The molecule has 1 N–H and O–H groups in total. The first kappa shape index (κ1) is 10.0. The number of hydrogen-bond acceptors (Lipinski definition) is 3. The molecule has 0 unspecified atom stereocenters. The lowest BCUT2D eigenvalue weighted by molar-refractivity contribution is -0.146. The van der Waals surface area contributed by atoms with E-state index in [0.29, 0.717) is 13.0 Å². The maximum atomic E-state index is 11.3. The number of nitrogens with one attached hydrogen (secondary N) is 1. The Morgan fingerprint density at radius 3 is 2.85 bits per heavy atom. The highest BCUT2D eigenvalue weighted by Gasteiger charge is 2.36. The Kier molecular flexibility index (Phi) is 3.28. The summed E-state index contributed by atoms with van der Waals surface area (Å²) in [6.45, 7) is 4.09. The first-order chi connectivity index (χ1) is 6.19. The van der Waals surface area contributed by atoms with Crippen LogP contribution in [0.15, 0.2) is 0 Å². The van der Waals surface area contributed by atoms with Gasteiger partial charge in [-0.3, -0.25) is 4.79 Å². The average molecular weight is 185 g/mol. The van der Waals surface area contributed by atoms with E-state index in [-0.39, 0.29) is 17.8 Å². The van der Waals surface area contributed by atoms with Crippen molar-refractivity contribution in [3.63, 3.8) is 0 Å². The number of amides is 1. The van der Waals surface area contributed by atoms with Crippen LogP contribution in [0.2, 0.25) is 0 Å². The number of carbonyl (C=O) groups is 2. The minimum Gasteiger partial charge on any atom is -0.464 e. The second kappa shape index (κ2) is 4.25. The summed E-state index contributed by atoms with van der Waals surface area (Å²) in [6, 6.07) is -0.419. The molecule has 4 nitrogen and oxygen atoms in total. The molecular weight excluding hydrogens is 170 g/mol. The predicted molar refractivity (Wildman–Crippen MR) is 47.0 cm³/mol. The van der Waals surface area contributed by atoms with Gasteiger partial charge in [0.05, 0.1) is 6.61 Å². The molecule has 1 saturated heterocycles. The molecule has 13 heavy (non-hydrogen) atoms. The fourth-order valence-electron chi connectivity index (χ4n) is 1.57. The molecule has 1 fully saturated rings. The van der Waals surface area contributed by atoms with Crippen LogP contribution in [0, 0.1) is 5.92 Å². The van der Waals surface area contributed by atoms with Crippen molar-refractivity contribution in [2.75, 3.05) is 6.61 Å². The van der Waals surface area contributed by atoms with Gasteiger partial charge in [-0.2, -0.15) is 0 Å². The Bertz CT molecular complexity index is 215. The maximum Gasteiger partial charge on any atom is 0.328 e. The third-order valence-corrected chi connectivity index (χ3v) is 2.30. The van der Waals surface area contributed by atoms with Gasteiger partial charge < -0.3 is 10.1 Å². The summed E-state index contributed by atoms with van der Waals surface area (Å²) in [5, 5.41) is 2.63. The first-order valence-electron chi connectivity index (χ1n) is 4.65. The molecule has 0 aliphatic carbocycles. The number of esters is 1. The van der Waals surface area contributed by atoms with Crippen molar-refractivity contribution in [1.82, 2.24) is 5.32 Å². The van der Waals surface area contributed by atoms with E-state index in [4.69, 9.17) is 4.74 Å². The fourth-order valence-corrected chi connectivity index (χ4v) is 1.57. The number of carbonyl (C=O) groups excluding carboxylic acids is 2. The lowest BCUT2D eigenvalue weighted by atomic mass is 9.98. The van der Waals surface area contributed by atoms with Gasteiger partial charge in [0.25, 0.3) is 0 Å². The molecule has 4 heteroatoms. The molecule has 74 valence electrons. The largest absolute Gasteiger partial charge is 0.464 e. The van der Waals surface area contributed by atoms with E-state index in [1.165, 1.54) is 0 Å². The van der Waals surface area contributed by atoms with Crippen molar-refractivity contribution < 1.29 is 14.3 Å². The zero-order chi connectivity index (χ0) is 9.84. The molecule has 1 rings (SSSR count). The summed E-state index contributed by atoms with van der Waals surface area (Å²) in [5.41, 5.74) is 0. The molecule has 1 aliphatic rings. The van der Waals surface area contributed by atoms with Crippen molar-refractivity contribution in [3.8, 4) is 0 Å². The molecule has 0 aromatic heterocycles. The highest BCUT2D eigenvalue weighted by Crippen LogP contribution is 2.20. The van der Waals surface area contributed by atoms with Gasteiger partial charge >= 0.3 is 5.97 Å². The maximum absolute atomic E-state index is 11.3. The molecule has 0 bridgehead atoms. The molecule has 0 spiro atoms. The molecule has 0 saturated carbocycles. The zero-order valence-corrected chi connectivity index (χ0v) is 8.00. The van der Waals surface area contributed by atoms with E-state index in [1.807, 2.05) is 6.92 Å². The van der Waals surface area contributed by atoms with Crippen LogP contribution in [0.4, 0.5) is 0 Å². The van der Waals surface area contributed by atoms with Gasteiger partial charge in [0.2, 0.25) is 5.91 Å². The smallest absolute Gasteiger partial charge is 0.328 e. The molecule has 1 heterocycles. The van der Waals surface area contributed by atoms with Crippen LogP contribution in [0.25, 0.3) is 0 Å². The second-order valence-corrected chi connectivity index (χ2v) is 3.17. The van der Waals surface area contributed by atoms with Gasteiger partial charge in [-0.25, -0.2) is 4.79 Å². The highest BCUT2D eigenvalue weighted by atomic mass is 16.5. The summed E-state index contributed by atoms with van der Waals surface area (Å²) >= 11 is 0. The summed E-state index contributed by atoms with van der Waals surface area (Å²) in [6.07, 6.45) is 1.27. The van der Waals surface area contributed by atoms with Gasteiger partial charge in [-0.15, -0.1) is 0 Å². The fraction of sp³-hybridized carbons (Fsp3) is 0.778. The Labute approximate surface area is 77.6 Å². The normalized spacial score (nSPS) is 27.1. The number of hydrogen-bond donors (Lipinski definition) is 1. The van der Waals surface area contributed by atoms with Crippen LogP contribution in [0.5, 0.6) is 0 Å². The van der Waals surface area contributed by atoms with Gasteiger partial charge in [0.15, 0.2) is 0 Å². The number of rotatable bonds is 3. The third-order valence-electron chi connectivity index (χ3n) is 2.30. The molecule has 1 aliphatic heterocycles. The van der Waals surface area contributed by atoms with E-state index >= 15 is 0 Å². The van der Waals surface area contributed by atoms with Gasteiger partial charge in [-0.05, 0) is 12.8 Å².